The standard InChI is InChI=1S/C38H57F2N5O4/c1-36(2,3)44-23-28(27-10-9-26(39)21-30(27)40)29(24-44)34(47)45-22-25(20-31(45)35(48)43-17-15-42(6)16-18-43)38(13-11-37(4,5)12-14-38)41-33(46)32-8-7-19-49-32/h9-10,21,25,28-29,31-32H,7-8,11-20,22-24H2,1-6H3,(H,41,46)/t25-,28-,29+,31-,32-/m0/s1. The first-order valence-electron chi connectivity index (χ1n) is 18.5. The molecule has 49 heavy (non-hydrogen) atoms. The molecule has 0 spiro atoms. The molecule has 1 aromatic rings. The third-order valence-corrected chi connectivity index (χ3v) is 12.5. The van der Waals surface area contributed by atoms with Crippen LogP contribution in [0, 0.1) is 28.9 Å². The lowest BCUT2D eigenvalue weighted by molar-refractivity contribution is -0.147. The number of ether oxygens (including phenoxy) is 1. The fourth-order valence-electron chi connectivity index (χ4n) is 9.00. The Bertz CT molecular complexity index is 1390. The highest BCUT2D eigenvalue weighted by Gasteiger charge is 2.55. The predicted octanol–water partition coefficient (Wildman–Crippen LogP) is 4.40. The maximum absolute atomic E-state index is 15.4. The average Bonchev–Trinajstić information content (AvgIpc) is 3.82. The summed E-state index contributed by atoms with van der Waals surface area (Å²) in [5, 5.41) is 3.48. The molecule has 5 atom stereocenters. The maximum atomic E-state index is 15.4. The van der Waals surface area contributed by atoms with Crippen molar-refractivity contribution in [1.29, 1.82) is 0 Å². The quantitative estimate of drug-likeness (QED) is 0.478. The number of likely N-dealkylation sites (N-methyl/N-ethyl adjacent to an activating group) is 1. The lowest BCUT2D eigenvalue weighted by atomic mass is 9.64. The van der Waals surface area contributed by atoms with Crippen molar-refractivity contribution in [2.45, 2.75) is 109 Å². The van der Waals surface area contributed by atoms with Crippen LogP contribution in [0.1, 0.15) is 91.0 Å². The molecule has 4 aliphatic heterocycles. The summed E-state index contributed by atoms with van der Waals surface area (Å²) < 4.78 is 35.2. The third-order valence-electron chi connectivity index (χ3n) is 12.5. The van der Waals surface area contributed by atoms with E-state index in [0.29, 0.717) is 57.7 Å². The van der Waals surface area contributed by atoms with E-state index in [2.05, 4.69) is 49.7 Å². The topological polar surface area (TPSA) is 85.4 Å². The van der Waals surface area contributed by atoms with Crippen molar-refractivity contribution in [3.05, 3.63) is 35.4 Å². The van der Waals surface area contributed by atoms with Crippen LogP contribution in [0.5, 0.6) is 0 Å². The molecule has 9 nitrogen and oxygen atoms in total. The Labute approximate surface area is 291 Å². The van der Waals surface area contributed by atoms with Gasteiger partial charge in [-0.05, 0) is 89.8 Å². The summed E-state index contributed by atoms with van der Waals surface area (Å²) in [5.41, 5.74) is -0.380. The number of carbonyl (C=O) groups is 3. The first-order valence-corrected chi connectivity index (χ1v) is 18.5. The number of benzene rings is 1. The van der Waals surface area contributed by atoms with E-state index in [1.165, 1.54) is 12.1 Å². The van der Waals surface area contributed by atoms with Crippen molar-refractivity contribution in [2.24, 2.45) is 17.3 Å². The van der Waals surface area contributed by atoms with Gasteiger partial charge in [0.15, 0.2) is 0 Å². The summed E-state index contributed by atoms with van der Waals surface area (Å²) >= 11 is 0. The Morgan fingerprint density at radius 3 is 2.24 bits per heavy atom. The number of rotatable bonds is 6. The number of hydrogen-bond donors (Lipinski definition) is 1. The van der Waals surface area contributed by atoms with Crippen molar-refractivity contribution in [1.82, 2.24) is 24.9 Å². The van der Waals surface area contributed by atoms with Gasteiger partial charge in [0.05, 0.1) is 5.92 Å². The van der Waals surface area contributed by atoms with Crippen LogP contribution < -0.4 is 5.32 Å². The van der Waals surface area contributed by atoms with Crippen LogP contribution >= 0.6 is 0 Å². The molecule has 1 aromatic carbocycles. The first-order chi connectivity index (χ1) is 23.1. The van der Waals surface area contributed by atoms with E-state index < -0.39 is 41.2 Å². The highest BCUT2D eigenvalue weighted by atomic mass is 19.1. The van der Waals surface area contributed by atoms with E-state index in [9.17, 15) is 14.0 Å². The molecule has 1 aliphatic carbocycles. The van der Waals surface area contributed by atoms with E-state index >= 15 is 9.18 Å². The average molecular weight is 686 g/mol. The number of likely N-dealkylation sites (tertiary alicyclic amines) is 2. The van der Waals surface area contributed by atoms with Crippen LogP contribution in [0.25, 0.3) is 0 Å². The van der Waals surface area contributed by atoms with Gasteiger partial charge < -0.3 is 24.8 Å². The Morgan fingerprint density at radius 1 is 0.939 bits per heavy atom. The van der Waals surface area contributed by atoms with E-state index in [1.54, 1.807) is 4.90 Å². The molecule has 3 amide bonds. The zero-order chi connectivity index (χ0) is 35.3. The molecule has 1 N–H and O–H groups in total. The van der Waals surface area contributed by atoms with Crippen molar-refractivity contribution < 1.29 is 27.9 Å². The molecule has 0 radical (unpaired) electrons. The minimum atomic E-state index is -0.672. The zero-order valence-corrected chi connectivity index (χ0v) is 30.4. The predicted molar refractivity (Wildman–Crippen MR) is 184 cm³/mol. The molecule has 1 saturated carbocycles. The smallest absolute Gasteiger partial charge is 0.249 e. The van der Waals surface area contributed by atoms with Gasteiger partial charge in [-0.15, -0.1) is 0 Å². The van der Waals surface area contributed by atoms with Crippen LogP contribution in [-0.4, -0.2) is 120 Å². The molecule has 11 heteroatoms. The largest absolute Gasteiger partial charge is 0.368 e. The van der Waals surface area contributed by atoms with Crippen molar-refractivity contribution >= 4 is 17.7 Å². The van der Waals surface area contributed by atoms with Gasteiger partial charge in [0.25, 0.3) is 0 Å². The fourth-order valence-corrected chi connectivity index (χ4v) is 9.00. The van der Waals surface area contributed by atoms with Gasteiger partial charge in [0.1, 0.15) is 23.8 Å². The molecule has 0 unspecified atom stereocenters. The SMILES string of the molecule is CN1CCN(C(=O)[C@@H]2C[C@H](C3(NC(=O)[C@@H]4CCCO4)CCC(C)(C)CC3)CN2C(=O)[C@@H]2CN(C(C)(C)C)C[C@H]2c2ccc(F)cc2F)CC1. The number of nitrogens with one attached hydrogen (secondary N) is 1. The number of amides is 3. The molecule has 0 aromatic heterocycles. The molecular weight excluding hydrogens is 628 g/mol. The van der Waals surface area contributed by atoms with Gasteiger partial charge in [-0.2, -0.15) is 0 Å². The van der Waals surface area contributed by atoms with E-state index in [0.717, 1.165) is 51.3 Å². The lowest BCUT2D eigenvalue weighted by Gasteiger charge is -2.48. The summed E-state index contributed by atoms with van der Waals surface area (Å²) in [6.45, 7) is 15.3. The first kappa shape index (κ1) is 36.2. The molecule has 6 rings (SSSR count). The second kappa shape index (κ2) is 13.8. The number of nitrogens with zero attached hydrogens (tertiary/aromatic N) is 4. The monoisotopic (exact) mass is 685 g/mol. The number of hydrogen-bond acceptors (Lipinski definition) is 6. The van der Waals surface area contributed by atoms with Gasteiger partial charge in [-0.25, -0.2) is 8.78 Å². The highest BCUT2D eigenvalue weighted by molar-refractivity contribution is 5.90. The fraction of sp³-hybridized carbons (Fsp3) is 0.763. The highest BCUT2D eigenvalue weighted by Crippen LogP contribution is 2.48. The van der Waals surface area contributed by atoms with Gasteiger partial charge >= 0.3 is 0 Å². The molecule has 0 bridgehead atoms. The van der Waals surface area contributed by atoms with Gasteiger partial charge in [-0.3, -0.25) is 19.3 Å². The van der Waals surface area contributed by atoms with Gasteiger partial charge in [0, 0.05) is 81.4 Å². The summed E-state index contributed by atoms with van der Waals surface area (Å²) in [6, 6.07) is 2.96. The number of halogens is 2. The van der Waals surface area contributed by atoms with E-state index in [-0.39, 0.29) is 34.6 Å². The molecule has 5 fully saturated rings. The van der Waals surface area contributed by atoms with Gasteiger partial charge in [-0.1, -0.05) is 19.9 Å². The molecular formula is C38H57F2N5O4. The minimum absolute atomic E-state index is 0.0455. The Hall–Kier alpha value is -2.63. The summed E-state index contributed by atoms with van der Waals surface area (Å²) in [7, 11) is 2.05. The number of carbonyl (C=O) groups excluding carboxylic acids is 3. The minimum Gasteiger partial charge on any atom is -0.368 e. The van der Waals surface area contributed by atoms with Crippen LogP contribution in [0.15, 0.2) is 18.2 Å². The third kappa shape index (κ3) is 7.54. The van der Waals surface area contributed by atoms with Crippen molar-refractivity contribution in [2.75, 3.05) is 59.5 Å². The van der Waals surface area contributed by atoms with Crippen molar-refractivity contribution in [3.63, 3.8) is 0 Å². The Balaban J connectivity index is 1.34. The maximum Gasteiger partial charge on any atom is 0.249 e. The zero-order valence-electron chi connectivity index (χ0n) is 30.4. The Morgan fingerprint density at radius 2 is 1.63 bits per heavy atom. The summed E-state index contributed by atoms with van der Waals surface area (Å²) in [4.78, 5) is 51.2. The number of piperazine rings is 1. The Kier molecular flexibility index (Phi) is 10.2. The van der Waals surface area contributed by atoms with E-state index in [4.69, 9.17) is 4.74 Å². The second-order valence-electron chi connectivity index (χ2n) is 17.3. The lowest BCUT2D eigenvalue weighted by Crippen LogP contribution is -2.59. The summed E-state index contributed by atoms with van der Waals surface area (Å²) in [5.74, 6) is -2.82. The molecule has 5 aliphatic rings. The van der Waals surface area contributed by atoms with Crippen LogP contribution in [0.4, 0.5) is 8.78 Å². The van der Waals surface area contributed by atoms with E-state index in [1.807, 2.05) is 11.9 Å². The van der Waals surface area contributed by atoms with Crippen LogP contribution in [-0.2, 0) is 19.1 Å². The van der Waals surface area contributed by atoms with Gasteiger partial charge in [0.2, 0.25) is 17.7 Å². The van der Waals surface area contributed by atoms with Crippen LogP contribution in [0.2, 0.25) is 0 Å². The molecule has 4 saturated heterocycles. The molecule has 272 valence electrons. The van der Waals surface area contributed by atoms with Crippen LogP contribution in [0.3, 0.4) is 0 Å². The van der Waals surface area contributed by atoms with Crippen molar-refractivity contribution in [3.8, 4) is 0 Å². The summed E-state index contributed by atoms with van der Waals surface area (Å²) in [6.07, 6.45) is 4.94. The second-order valence-corrected chi connectivity index (χ2v) is 17.3. The normalized spacial score (nSPS) is 30.9. The molecule has 4 heterocycles.